The van der Waals surface area contributed by atoms with Crippen molar-refractivity contribution >= 4 is 16.7 Å². The minimum absolute atomic E-state index is 0.583. The molecule has 1 aromatic carbocycles. The lowest BCUT2D eigenvalue weighted by Crippen LogP contribution is -2.19. The number of pyridine rings is 2. The lowest BCUT2D eigenvalue weighted by atomic mass is 10.1. The number of anilines is 1. The van der Waals surface area contributed by atoms with Crippen LogP contribution in [0.3, 0.4) is 0 Å². The summed E-state index contributed by atoms with van der Waals surface area (Å²) in [5, 5.41) is 10.3. The molecule has 3 rings (SSSR count). The topological polar surface area (TPSA) is 52.8 Å². The second-order valence-electron chi connectivity index (χ2n) is 4.88. The molecule has 2 aromatic heterocycles. The number of aromatic nitrogens is 2. The highest BCUT2D eigenvalue weighted by atomic mass is 15.2. The van der Waals surface area contributed by atoms with Gasteiger partial charge in [-0.15, -0.1) is 0 Å². The third kappa shape index (κ3) is 2.67. The third-order valence-corrected chi connectivity index (χ3v) is 3.33. The van der Waals surface area contributed by atoms with Gasteiger partial charge in [-0.25, -0.2) is 4.98 Å². The zero-order chi connectivity index (χ0) is 14.7. The monoisotopic (exact) mass is 274 g/mol. The van der Waals surface area contributed by atoms with E-state index in [1.165, 1.54) is 0 Å². The molecular formula is C17H14N4. The first kappa shape index (κ1) is 13.1. The number of hydrogen-bond donors (Lipinski definition) is 0. The summed E-state index contributed by atoms with van der Waals surface area (Å²) in [4.78, 5) is 10.7. The zero-order valence-corrected chi connectivity index (χ0v) is 11.7. The number of hydrogen-bond acceptors (Lipinski definition) is 4. The van der Waals surface area contributed by atoms with Gasteiger partial charge < -0.3 is 4.90 Å². The molecule has 0 atom stereocenters. The van der Waals surface area contributed by atoms with Gasteiger partial charge in [0.2, 0.25) is 0 Å². The van der Waals surface area contributed by atoms with Gasteiger partial charge >= 0.3 is 0 Å². The largest absolute Gasteiger partial charge is 0.354 e. The SMILES string of the molecule is CN(Cc1cccnc1)c1nc2ccccc2cc1C#N. The van der Waals surface area contributed by atoms with Gasteiger partial charge in [0.1, 0.15) is 11.9 Å². The summed E-state index contributed by atoms with van der Waals surface area (Å²) in [6.45, 7) is 0.661. The zero-order valence-electron chi connectivity index (χ0n) is 11.7. The molecule has 0 bridgehead atoms. The lowest BCUT2D eigenvalue weighted by Gasteiger charge is -2.19. The van der Waals surface area contributed by atoms with Crippen molar-refractivity contribution < 1.29 is 0 Å². The van der Waals surface area contributed by atoms with Crippen molar-refractivity contribution in [3.63, 3.8) is 0 Å². The highest BCUT2D eigenvalue weighted by Gasteiger charge is 2.11. The molecule has 3 aromatic rings. The Bertz CT molecular complexity index is 806. The minimum atomic E-state index is 0.583. The van der Waals surface area contributed by atoms with Crippen LogP contribution in [-0.2, 0) is 6.54 Å². The van der Waals surface area contributed by atoms with Crippen LogP contribution in [0.2, 0.25) is 0 Å². The highest BCUT2D eigenvalue weighted by molar-refractivity contribution is 5.83. The fourth-order valence-electron chi connectivity index (χ4n) is 2.32. The quantitative estimate of drug-likeness (QED) is 0.736. The molecule has 2 heterocycles. The van der Waals surface area contributed by atoms with Gasteiger partial charge in [0.05, 0.1) is 11.1 Å². The van der Waals surface area contributed by atoms with Crippen molar-refractivity contribution in [2.75, 3.05) is 11.9 Å². The minimum Gasteiger partial charge on any atom is -0.354 e. The Labute approximate surface area is 123 Å². The summed E-state index contributed by atoms with van der Waals surface area (Å²) in [5.74, 6) is 0.694. The van der Waals surface area contributed by atoms with Crippen molar-refractivity contribution in [3.8, 4) is 6.07 Å². The van der Waals surface area contributed by atoms with Crippen LogP contribution < -0.4 is 4.90 Å². The molecule has 0 unspecified atom stereocenters. The Hall–Kier alpha value is -2.93. The van der Waals surface area contributed by atoms with E-state index in [0.29, 0.717) is 17.9 Å². The Kier molecular flexibility index (Phi) is 3.48. The van der Waals surface area contributed by atoms with E-state index in [1.807, 2.05) is 60.6 Å². The Morgan fingerprint density at radius 3 is 2.81 bits per heavy atom. The molecule has 0 radical (unpaired) electrons. The van der Waals surface area contributed by atoms with Gasteiger partial charge in [0, 0.05) is 31.4 Å². The lowest BCUT2D eigenvalue weighted by molar-refractivity contribution is 0.893. The summed E-state index contributed by atoms with van der Waals surface area (Å²) in [6.07, 6.45) is 3.57. The van der Waals surface area contributed by atoms with Crippen molar-refractivity contribution in [1.29, 1.82) is 5.26 Å². The maximum atomic E-state index is 9.36. The molecule has 0 N–H and O–H groups in total. The average Bonchev–Trinajstić information content (AvgIpc) is 2.54. The van der Waals surface area contributed by atoms with Crippen LogP contribution in [0.15, 0.2) is 54.9 Å². The summed E-state index contributed by atoms with van der Waals surface area (Å²) in [6, 6.07) is 15.9. The second-order valence-corrected chi connectivity index (χ2v) is 4.88. The van der Waals surface area contributed by atoms with E-state index in [-0.39, 0.29) is 0 Å². The summed E-state index contributed by atoms with van der Waals surface area (Å²) in [7, 11) is 1.94. The molecule has 0 amide bonds. The van der Waals surface area contributed by atoms with Gasteiger partial charge in [-0.2, -0.15) is 5.26 Å². The third-order valence-electron chi connectivity index (χ3n) is 3.33. The molecule has 0 spiro atoms. The maximum Gasteiger partial charge on any atom is 0.147 e. The molecule has 0 aliphatic heterocycles. The first-order chi connectivity index (χ1) is 10.3. The van der Waals surface area contributed by atoms with Crippen LogP contribution in [0.5, 0.6) is 0 Å². The first-order valence-electron chi connectivity index (χ1n) is 6.68. The number of benzene rings is 1. The highest BCUT2D eigenvalue weighted by Crippen LogP contribution is 2.23. The van der Waals surface area contributed by atoms with E-state index in [4.69, 9.17) is 0 Å². The number of rotatable bonds is 3. The summed E-state index contributed by atoms with van der Waals surface area (Å²) < 4.78 is 0. The Morgan fingerprint density at radius 2 is 2.05 bits per heavy atom. The molecule has 0 saturated heterocycles. The van der Waals surface area contributed by atoms with E-state index in [2.05, 4.69) is 16.0 Å². The number of para-hydroxylation sites is 1. The van der Waals surface area contributed by atoms with Crippen molar-refractivity contribution in [1.82, 2.24) is 9.97 Å². The van der Waals surface area contributed by atoms with Crippen LogP contribution in [0.1, 0.15) is 11.1 Å². The predicted octanol–water partition coefficient (Wildman–Crippen LogP) is 3.14. The molecule has 4 heteroatoms. The van der Waals surface area contributed by atoms with Crippen LogP contribution in [0, 0.1) is 11.3 Å². The molecule has 0 saturated carbocycles. The van der Waals surface area contributed by atoms with Crippen LogP contribution in [0.4, 0.5) is 5.82 Å². The smallest absolute Gasteiger partial charge is 0.147 e. The fourth-order valence-corrected chi connectivity index (χ4v) is 2.32. The van der Waals surface area contributed by atoms with Crippen LogP contribution in [-0.4, -0.2) is 17.0 Å². The average molecular weight is 274 g/mol. The molecule has 21 heavy (non-hydrogen) atoms. The molecular weight excluding hydrogens is 260 g/mol. The van der Waals surface area contributed by atoms with Gasteiger partial charge in [-0.1, -0.05) is 24.3 Å². The standard InChI is InChI=1S/C17H14N4/c1-21(12-13-5-4-8-19-11-13)17-15(10-18)9-14-6-2-3-7-16(14)20-17/h2-9,11H,12H2,1H3. The van der Waals surface area contributed by atoms with Gasteiger partial charge in [-0.05, 0) is 23.8 Å². The molecule has 0 fully saturated rings. The molecule has 102 valence electrons. The molecule has 4 nitrogen and oxygen atoms in total. The molecule has 0 aliphatic rings. The Balaban J connectivity index is 2.00. The van der Waals surface area contributed by atoms with Crippen LogP contribution in [0.25, 0.3) is 10.9 Å². The van der Waals surface area contributed by atoms with Crippen molar-refractivity contribution in [3.05, 3.63) is 66.0 Å². The van der Waals surface area contributed by atoms with E-state index in [1.54, 1.807) is 6.20 Å². The molecule has 0 aliphatic carbocycles. The summed E-state index contributed by atoms with van der Waals surface area (Å²) in [5.41, 5.74) is 2.56. The normalized spacial score (nSPS) is 10.3. The van der Waals surface area contributed by atoms with E-state index >= 15 is 0 Å². The summed E-state index contributed by atoms with van der Waals surface area (Å²) >= 11 is 0. The Morgan fingerprint density at radius 1 is 1.19 bits per heavy atom. The second kappa shape index (κ2) is 5.59. The van der Waals surface area contributed by atoms with Crippen LogP contribution >= 0.6 is 0 Å². The van der Waals surface area contributed by atoms with E-state index in [0.717, 1.165) is 16.5 Å². The van der Waals surface area contributed by atoms with Gasteiger partial charge in [-0.3, -0.25) is 4.98 Å². The van der Waals surface area contributed by atoms with E-state index in [9.17, 15) is 5.26 Å². The van der Waals surface area contributed by atoms with Crippen molar-refractivity contribution in [2.24, 2.45) is 0 Å². The van der Waals surface area contributed by atoms with Gasteiger partial charge in [0.25, 0.3) is 0 Å². The maximum absolute atomic E-state index is 9.36. The van der Waals surface area contributed by atoms with Crippen molar-refractivity contribution in [2.45, 2.75) is 6.54 Å². The number of nitrogens with zero attached hydrogens (tertiary/aromatic N) is 4. The number of nitriles is 1. The first-order valence-corrected chi connectivity index (χ1v) is 6.68. The fraction of sp³-hybridized carbons (Fsp3) is 0.118. The predicted molar refractivity (Wildman–Crippen MR) is 82.8 cm³/mol. The van der Waals surface area contributed by atoms with E-state index < -0.39 is 0 Å². The van der Waals surface area contributed by atoms with Gasteiger partial charge in [0.15, 0.2) is 0 Å². The number of fused-ring (bicyclic) bond motifs is 1.